The highest BCUT2D eigenvalue weighted by atomic mass is 16.5. The van der Waals surface area contributed by atoms with E-state index < -0.39 is 0 Å². The number of hydrogen-bond acceptors (Lipinski definition) is 6. The summed E-state index contributed by atoms with van der Waals surface area (Å²) in [5.74, 6) is 2.59. The average Bonchev–Trinajstić information content (AvgIpc) is 3.07. The van der Waals surface area contributed by atoms with Crippen LogP contribution in [0.15, 0.2) is 53.2 Å². The van der Waals surface area contributed by atoms with Gasteiger partial charge in [-0.1, -0.05) is 18.2 Å². The predicted octanol–water partition coefficient (Wildman–Crippen LogP) is 3.05. The molecule has 28 heavy (non-hydrogen) atoms. The lowest BCUT2D eigenvalue weighted by Crippen LogP contribution is -2.25. The van der Waals surface area contributed by atoms with Crippen LogP contribution in [-0.2, 0) is 4.79 Å². The Kier molecular flexibility index (Phi) is 6.16. The van der Waals surface area contributed by atoms with Crippen molar-refractivity contribution >= 4 is 17.8 Å². The van der Waals surface area contributed by atoms with Gasteiger partial charge in [-0.05, 0) is 35.9 Å². The van der Waals surface area contributed by atoms with E-state index in [4.69, 9.17) is 18.9 Å². The molecule has 0 atom stereocenters. The molecule has 1 N–H and O–H groups in total. The quantitative estimate of drug-likeness (QED) is 0.710. The van der Waals surface area contributed by atoms with Gasteiger partial charge in [-0.15, -0.1) is 0 Å². The molecular weight excluding hydrogens is 360 g/mol. The van der Waals surface area contributed by atoms with E-state index in [0.29, 0.717) is 47.4 Å². The SMILES string of the molecule is COc1cc(/C=C2/N=C(CCOc3ccccc3)NC2=O)cc(OC)c1OC. The van der Waals surface area contributed by atoms with Gasteiger partial charge in [-0.25, -0.2) is 4.99 Å². The molecule has 2 aromatic rings. The van der Waals surface area contributed by atoms with Crippen LogP contribution in [0.5, 0.6) is 23.0 Å². The monoisotopic (exact) mass is 382 g/mol. The van der Waals surface area contributed by atoms with E-state index in [2.05, 4.69) is 10.3 Å². The van der Waals surface area contributed by atoms with Crippen LogP contribution < -0.4 is 24.3 Å². The molecule has 1 aliphatic rings. The number of benzene rings is 2. The molecule has 1 aliphatic heterocycles. The van der Waals surface area contributed by atoms with Crippen LogP contribution in [0.25, 0.3) is 6.08 Å². The molecule has 2 aromatic carbocycles. The Morgan fingerprint density at radius 2 is 1.68 bits per heavy atom. The van der Waals surface area contributed by atoms with Crippen molar-refractivity contribution in [3.8, 4) is 23.0 Å². The number of amidine groups is 1. The average molecular weight is 382 g/mol. The van der Waals surface area contributed by atoms with Crippen LogP contribution in [0.2, 0.25) is 0 Å². The fraction of sp³-hybridized carbons (Fsp3) is 0.238. The van der Waals surface area contributed by atoms with Gasteiger partial charge in [0.2, 0.25) is 5.75 Å². The largest absolute Gasteiger partial charge is 0.493 e. The lowest BCUT2D eigenvalue weighted by atomic mass is 10.1. The minimum atomic E-state index is -0.261. The first-order chi connectivity index (χ1) is 13.6. The Bertz CT molecular complexity index is 881. The summed E-state index contributed by atoms with van der Waals surface area (Å²) < 4.78 is 21.6. The summed E-state index contributed by atoms with van der Waals surface area (Å²) in [6.45, 7) is 0.417. The summed E-state index contributed by atoms with van der Waals surface area (Å²) in [5.41, 5.74) is 1.02. The number of ether oxygens (including phenoxy) is 4. The molecule has 0 aliphatic carbocycles. The van der Waals surface area contributed by atoms with Crippen molar-refractivity contribution in [1.82, 2.24) is 5.32 Å². The fourth-order valence-corrected chi connectivity index (χ4v) is 2.76. The summed E-state index contributed by atoms with van der Waals surface area (Å²) in [6.07, 6.45) is 2.16. The highest BCUT2D eigenvalue weighted by Gasteiger charge is 2.20. The van der Waals surface area contributed by atoms with Gasteiger partial charge >= 0.3 is 0 Å². The maximum Gasteiger partial charge on any atom is 0.275 e. The van der Waals surface area contributed by atoms with Gasteiger partial charge in [-0.3, -0.25) is 4.79 Å². The highest BCUT2D eigenvalue weighted by molar-refractivity contribution is 6.14. The van der Waals surface area contributed by atoms with Crippen LogP contribution in [0, 0.1) is 0 Å². The van der Waals surface area contributed by atoms with E-state index in [1.54, 1.807) is 32.4 Å². The van der Waals surface area contributed by atoms with E-state index in [-0.39, 0.29) is 5.91 Å². The third-order valence-electron chi connectivity index (χ3n) is 4.09. The molecule has 7 nitrogen and oxygen atoms in total. The number of carbonyl (C=O) groups is 1. The van der Waals surface area contributed by atoms with Crippen LogP contribution in [0.1, 0.15) is 12.0 Å². The molecule has 3 rings (SSSR count). The van der Waals surface area contributed by atoms with Crippen molar-refractivity contribution in [1.29, 1.82) is 0 Å². The van der Waals surface area contributed by atoms with Crippen molar-refractivity contribution in [2.45, 2.75) is 6.42 Å². The number of methoxy groups -OCH3 is 3. The minimum absolute atomic E-state index is 0.261. The number of nitrogens with one attached hydrogen (secondary N) is 1. The van der Waals surface area contributed by atoms with Gasteiger partial charge in [0, 0.05) is 6.42 Å². The summed E-state index contributed by atoms with van der Waals surface area (Å²) in [7, 11) is 4.62. The first kappa shape index (κ1) is 19.3. The Morgan fingerprint density at radius 1 is 1.00 bits per heavy atom. The summed E-state index contributed by atoms with van der Waals surface area (Å²) in [4.78, 5) is 16.6. The van der Waals surface area contributed by atoms with Crippen molar-refractivity contribution in [3.05, 3.63) is 53.7 Å². The molecule has 0 saturated carbocycles. The molecule has 0 radical (unpaired) electrons. The van der Waals surface area contributed by atoms with Crippen LogP contribution in [0.3, 0.4) is 0 Å². The number of amides is 1. The standard InChI is InChI=1S/C21H22N2O5/c1-25-17-12-14(13-18(26-2)20(17)27-3)11-16-21(24)23-19(22-16)9-10-28-15-7-5-4-6-8-15/h4-8,11-13H,9-10H2,1-3H3,(H,22,23,24)/b16-11+. The Labute approximate surface area is 163 Å². The van der Waals surface area contributed by atoms with Crippen LogP contribution in [-0.4, -0.2) is 39.7 Å². The zero-order valence-corrected chi connectivity index (χ0v) is 16.0. The van der Waals surface area contributed by atoms with Gasteiger partial charge in [0.1, 0.15) is 17.3 Å². The Morgan fingerprint density at radius 3 is 2.29 bits per heavy atom. The molecule has 0 unspecified atom stereocenters. The molecule has 1 heterocycles. The zero-order valence-electron chi connectivity index (χ0n) is 16.0. The van der Waals surface area contributed by atoms with E-state index in [1.165, 1.54) is 7.11 Å². The lowest BCUT2D eigenvalue weighted by Gasteiger charge is -2.12. The lowest BCUT2D eigenvalue weighted by molar-refractivity contribution is -0.115. The molecule has 0 fully saturated rings. The Balaban J connectivity index is 1.73. The van der Waals surface area contributed by atoms with Crippen molar-refractivity contribution in [3.63, 3.8) is 0 Å². The second-order valence-electron chi connectivity index (χ2n) is 5.91. The normalized spacial score (nSPS) is 14.5. The van der Waals surface area contributed by atoms with Gasteiger partial charge in [0.05, 0.1) is 27.9 Å². The summed E-state index contributed by atoms with van der Waals surface area (Å²) >= 11 is 0. The second-order valence-corrected chi connectivity index (χ2v) is 5.91. The molecule has 1 amide bonds. The van der Waals surface area contributed by atoms with E-state index in [9.17, 15) is 4.79 Å². The number of nitrogens with zero attached hydrogens (tertiary/aromatic N) is 1. The maximum atomic E-state index is 12.2. The van der Waals surface area contributed by atoms with Crippen LogP contribution in [0.4, 0.5) is 0 Å². The predicted molar refractivity (Wildman–Crippen MR) is 106 cm³/mol. The molecule has 146 valence electrons. The van der Waals surface area contributed by atoms with E-state index in [0.717, 1.165) is 5.75 Å². The first-order valence-electron chi connectivity index (χ1n) is 8.73. The summed E-state index contributed by atoms with van der Waals surface area (Å²) in [6, 6.07) is 13.0. The topological polar surface area (TPSA) is 78.4 Å². The first-order valence-corrected chi connectivity index (χ1v) is 8.73. The third kappa shape index (κ3) is 4.43. The highest BCUT2D eigenvalue weighted by Crippen LogP contribution is 2.38. The van der Waals surface area contributed by atoms with Crippen LogP contribution >= 0.6 is 0 Å². The number of rotatable bonds is 8. The smallest absolute Gasteiger partial charge is 0.275 e. The zero-order chi connectivity index (χ0) is 19.9. The Hall–Kier alpha value is -3.48. The summed E-state index contributed by atoms with van der Waals surface area (Å²) in [5, 5.41) is 2.77. The molecular formula is C21H22N2O5. The second kappa shape index (κ2) is 8.94. The molecule has 0 aromatic heterocycles. The molecule has 0 saturated heterocycles. The van der Waals surface area contributed by atoms with Gasteiger partial charge in [0.15, 0.2) is 11.5 Å². The molecule has 0 spiro atoms. The molecule has 7 heteroatoms. The van der Waals surface area contributed by atoms with E-state index >= 15 is 0 Å². The minimum Gasteiger partial charge on any atom is -0.493 e. The third-order valence-corrected chi connectivity index (χ3v) is 4.09. The van der Waals surface area contributed by atoms with Crippen molar-refractivity contribution in [2.75, 3.05) is 27.9 Å². The molecule has 0 bridgehead atoms. The van der Waals surface area contributed by atoms with Gasteiger partial charge < -0.3 is 24.3 Å². The van der Waals surface area contributed by atoms with Crippen molar-refractivity contribution in [2.24, 2.45) is 4.99 Å². The van der Waals surface area contributed by atoms with Gasteiger partial charge in [0.25, 0.3) is 5.91 Å². The number of carbonyl (C=O) groups excluding carboxylic acids is 1. The number of hydrogen-bond donors (Lipinski definition) is 1. The number of para-hydroxylation sites is 1. The maximum absolute atomic E-state index is 12.2. The number of aliphatic imine (C=N–C) groups is 1. The fourth-order valence-electron chi connectivity index (χ4n) is 2.76. The van der Waals surface area contributed by atoms with E-state index in [1.807, 2.05) is 30.3 Å². The van der Waals surface area contributed by atoms with Gasteiger partial charge in [-0.2, -0.15) is 0 Å². The van der Waals surface area contributed by atoms with Crippen molar-refractivity contribution < 1.29 is 23.7 Å².